The first-order chi connectivity index (χ1) is 8.13. The van der Waals surface area contributed by atoms with E-state index in [2.05, 4.69) is 15.9 Å². The van der Waals surface area contributed by atoms with E-state index in [1.165, 1.54) is 10.6 Å². The van der Waals surface area contributed by atoms with Crippen molar-refractivity contribution in [2.24, 2.45) is 0 Å². The monoisotopic (exact) mass is 288 g/mol. The molecule has 2 rings (SSSR count). The van der Waals surface area contributed by atoms with Gasteiger partial charge in [0.05, 0.1) is 5.69 Å². The molecule has 0 unspecified atom stereocenters. The Morgan fingerprint density at radius 2 is 2.12 bits per heavy atom. The van der Waals surface area contributed by atoms with Crippen LogP contribution in [0, 0.1) is 18.3 Å². The maximum absolute atomic E-state index is 12.0. The van der Waals surface area contributed by atoms with Crippen LogP contribution >= 0.6 is 15.9 Å². The lowest BCUT2D eigenvalue weighted by molar-refractivity contribution is 0.975. The SMILES string of the molecule is Cc1ccc(-n2cccc(C#N)c2=O)c(Br)c1. The summed E-state index contributed by atoms with van der Waals surface area (Å²) in [7, 11) is 0. The maximum Gasteiger partial charge on any atom is 0.273 e. The molecule has 0 saturated heterocycles. The molecule has 17 heavy (non-hydrogen) atoms. The van der Waals surface area contributed by atoms with E-state index in [1.807, 2.05) is 31.2 Å². The number of aromatic nitrogens is 1. The lowest BCUT2D eigenvalue weighted by Crippen LogP contribution is -2.20. The van der Waals surface area contributed by atoms with E-state index >= 15 is 0 Å². The fourth-order valence-corrected chi connectivity index (χ4v) is 2.26. The van der Waals surface area contributed by atoms with Crippen LogP contribution in [0.4, 0.5) is 0 Å². The van der Waals surface area contributed by atoms with Gasteiger partial charge in [0.1, 0.15) is 11.6 Å². The highest BCUT2D eigenvalue weighted by Crippen LogP contribution is 2.21. The van der Waals surface area contributed by atoms with Gasteiger partial charge in [0, 0.05) is 10.7 Å². The number of aryl methyl sites for hydroxylation is 1. The maximum atomic E-state index is 12.0. The van der Waals surface area contributed by atoms with Crippen LogP contribution in [0.15, 0.2) is 45.8 Å². The van der Waals surface area contributed by atoms with Crippen LogP contribution in [0.3, 0.4) is 0 Å². The van der Waals surface area contributed by atoms with Crippen LogP contribution in [-0.4, -0.2) is 4.57 Å². The summed E-state index contributed by atoms with van der Waals surface area (Å²) in [6, 6.07) is 10.8. The second-order valence-electron chi connectivity index (χ2n) is 3.66. The summed E-state index contributed by atoms with van der Waals surface area (Å²) >= 11 is 3.42. The summed E-state index contributed by atoms with van der Waals surface area (Å²) in [4.78, 5) is 12.0. The van der Waals surface area contributed by atoms with Gasteiger partial charge in [-0.25, -0.2) is 0 Å². The molecule has 0 radical (unpaired) electrons. The number of hydrogen-bond acceptors (Lipinski definition) is 2. The molecule has 3 nitrogen and oxygen atoms in total. The summed E-state index contributed by atoms with van der Waals surface area (Å²) < 4.78 is 2.29. The van der Waals surface area contributed by atoms with Crippen molar-refractivity contribution in [1.29, 1.82) is 5.26 Å². The van der Waals surface area contributed by atoms with E-state index in [0.29, 0.717) is 0 Å². The predicted molar refractivity (Wildman–Crippen MR) is 69.2 cm³/mol. The van der Waals surface area contributed by atoms with Gasteiger partial charge < -0.3 is 0 Å². The number of rotatable bonds is 1. The average Bonchev–Trinajstić information content (AvgIpc) is 2.30. The van der Waals surface area contributed by atoms with Gasteiger partial charge in [-0.1, -0.05) is 6.07 Å². The molecule has 0 saturated carbocycles. The minimum atomic E-state index is -0.306. The summed E-state index contributed by atoms with van der Waals surface area (Å²) in [6.07, 6.45) is 1.65. The number of nitriles is 1. The van der Waals surface area contributed by atoms with Gasteiger partial charge in [-0.05, 0) is 52.7 Å². The van der Waals surface area contributed by atoms with E-state index < -0.39 is 0 Å². The van der Waals surface area contributed by atoms with E-state index in [0.717, 1.165) is 15.7 Å². The van der Waals surface area contributed by atoms with Gasteiger partial charge in [-0.2, -0.15) is 5.26 Å². The summed E-state index contributed by atoms with van der Waals surface area (Å²) in [5.74, 6) is 0. The Hall–Kier alpha value is -1.86. The van der Waals surface area contributed by atoms with E-state index in [-0.39, 0.29) is 11.1 Å². The highest BCUT2D eigenvalue weighted by molar-refractivity contribution is 9.10. The molecule has 84 valence electrons. The Morgan fingerprint density at radius 3 is 2.76 bits per heavy atom. The molecule has 1 aromatic carbocycles. The average molecular weight is 289 g/mol. The number of hydrogen-bond donors (Lipinski definition) is 0. The van der Waals surface area contributed by atoms with E-state index in [1.54, 1.807) is 12.3 Å². The van der Waals surface area contributed by atoms with Gasteiger partial charge in [0.25, 0.3) is 5.56 Å². The van der Waals surface area contributed by atoms with Crippen LogP contribution in [0.25, 0.3) is 5.69 Å². The third-order valence-electron chi connectivity index (χ3n) is 2.43. The predicted octanol–water partition coefficient (Wildman–Crippen LogP) is 2.78. The lowest BCUT2D eigenvalue weighted by Gasteiger charge is -2.08. The van der Waals surface area contributed by atoms with Crippen LogP contribution in [0.5, 0.6) is 0 Å². The molecule has 2 aromatic rings. The van der Waals surface area contributed by atoms with Crippen molar-refractivity contribution in [3.63, 3.8) is 0 Å². The number of halogens is 1. The number of nitrogens with zero attached hydrogens (tertiary/aromatic N) is 2. The zero-order valence-corrected chi connectivity index (χ0v) is 10.7. The highest BCUT2D eigenvalue weighted by atomic mass is 79.9. The normalized spacial score (nSPS) is 9.94. The molecule has 1 aromatic heterocycles. The number of pyridine rings is 1. The fourth-order valence-electron chi connectivity index (χ4n) is 1.58. The van der Waals surface area contributed by atoms with Crippen molar-refractivity contribution in [2.45, 2.75) is 6.92 Å². The zero-order chi connectivity index (χ0) is 12.4. The second kappa shape index (κ2) is 4.56. The van der Waals surface area contributed by atoms with E-state index in [4.69, 9.17) is 5.26 Å². The fraction of sp³-hybridized carbons (Fsp3) is 0.0769. The first kappa shape index (κ1) is 11.6. The van der Waals surface area contributed by atoms with Gasteiger partial charge in [0.2, 0.25) is 0 Å². The van der Waals surface area contributed by atoms with Crippen LogP contribution < -0.4 is 5.56 Å². The molecule has 0 aliphatic rings. The standard InChI is InChI=1S/C13H9BrN2O/c1-9-4-5-12(11(14)7-9)16-6-2-3-10(8-15)13(16)17/h2-7H,1H3. The summed E-state index contributed by atoms with van der Waals surface area (Å²) in [6.45, 7) is 1.98. The third kappa shape index (κ3) is 2.15. The smallest absolute Gasteiger partial charge is 0.273 e. The molecule has 0 aliphatic heterocycles. The number of benzene rings is 1. The third-order valence-corrected chi connectivity index (χ3v) is 3.07. The van der Waals surface area contributed by atoms with Crippen molar-refractivity contribution in [3.05, 3.63) is 62.5 Å². The first-order valence-electron chi connectivity index (χ1n) is 5.02. The van der Waals surface area contributed by atoms with Gasteiger partial charge in [0.15, 0.2) is 0 Å². The molecule has 0 fully saturated rings. The largest absolute Gasteiger partial charge is 0.282 e. The summed E-state index contributed by atoms with van der Waals surface area (Å²) in [5.41, 5.74) is 1.67. The Bertz CT molecular complexity index is 668. The van der Waals surface area contributed by atoms with Crippen LogP contribution in [0.1, 0.15) is 11.1 Å². The minimum Gasteiger partial charge on any atom is -0.282 e. The lowest BCUT2D eigenvalue weighted by atomic mass is 10.2. The molecule has 0 atom stereocenters. The Balaban J connectivity index is 2.70. The van der Waals surface area contributed by atoms with Crippen molar-refractivity contribution in [1.82, 2.24) is 4.57 Å². The zero-order valence-electron chi connectivity index (χ0n) is 9.14. The Labute approximate surface area is 107 Å². The Morgan fingerprint density at radius 1 is 1.35 bits per heavy atom. The van der Waals surface area contributed by atoms with Crippen LogP contribution in [0.2, 0.25) is 0 Å². The molecule has 0 N–H and O–H groups in total. The molecule has 4 heteroatoms. The molecule has 0 spiro atoms. The molecular formula is C13H9BrN2O. The Kier molecular flexibility index (Phi) is 3.12. The van der Waals surface area contributed by atoms with Gasteiger partial charge in [-0.15, -0.1) is 0 Å². The van der Waals surface area contributed by atoms with Crippen molar-refractivity contribution >= 4 is 15.9 Å². The summed E-state index contributed by atoms with van der Waals surface area (Å²) in [5, 5.41) is 8.83. The van der Waals surface area contributed by atoms with Crippen molar-refractivity contribution in [3.8, 4) is 11.8 Å². The molecule has 0 bridgehead atoms. The highest BCUT2D eigenvalue weighted by Gasteiger charge is 2.07. The van der Waals surface area contributed by atoms with E-state index in [9.17, 15) is 4.79 Å². The van der Waals surface area contributed by atoms with Crippen molar-refractivity contribution in [2.75, 3.05) is 0 Å². The van der Waals surface area contributed by atoms with Crippen LogP contribution in [-0.2, 0) is 0 Å². The van der Waals surface area contributed by atoms with Crippen molar-refractivity contribution < 1.29 is 0 Å². The topological polar surface area (TPSA) is 45.8 Å². The quantitative estimate of drug-likeness (QED) is 0.810. The molecular weight excluding hydrogens is 280 g/mol. The van der Waals surface area contributed by atoms with Gasteiger partial charge in [-0.3, -0.25) is 9.36 Å². The van der Waals surface area contributed by atoms with Gasteiger partial charge >= 0.3 is 0 Å². The molecule has 0 aliphatic carbocycles. The minimum absolute atomic E-state index is 0.139. The molecule has 0 amide bonds. The molecule has 1 heterocycles. The first-order valence-corrected chi connectivity index (χ1v) is 5.81. The second-order valence-corrected chi connectivity index (χ2v) is 4.52.